The molecule has 1 aliphatic heterocycles. The van der Waals surface area contributed by atoms with Crippen LogP contribution in [0.15, 0.2) is 0 Å². The van der Waals surface area contributed by atoms with Crippen LogP contribution in [0.5, 0.6) is 0 Å². The van der Waals surface area contributed by atoms with Gasteiger partial charge in [0, 0.05) is 19.6 Å². The second-order valence-corrected chi connectivity index (χ2v) is 3.75. The van der Waals surface area contributed by atoms with Crippen molar-refractivity contribution in [1.82, 2.24) is 10.2 Å². The molecule has 1 N–H and O–H groups in total. The summed E-state index contributed by atoms with van der Waals surface area (Å²) in [6.45, 7) is 2.09. The Hall–Kier alpha value is -0.680. The number of nitrogens with zero attached hydrogens (tertiary/aromatic N) is 1. The molecule has 0 aromatic rings. The molecule has 0 aliphatic carbocycles. The maximum absolute atomic E-state index is 12.1. The fourth-order valence-corrected chi connectivity index (χ4v) is 1.74. The first-order valence-electron chi connectivity index (χ1n) is 5.38. The molecule has 1 rings (SSSR count). The van der Waals surface area contributed by atoms with E-state index in [1.165, 1.54) is 0 Å². The van der Waals surface area contributed by atoms with E-state index in [4.69, 9.17) is 4.74 Å². The molecule has 0 aromatic carbocycles. The van der Waals surface area contributed by atoms with E-state index in [0.29, 0.717) is 6.54 Å². The van der Waals surface area contributed by atoms with Crippen molar-refractivity contribution < 1.29 is 13.9 Å². The number of esters is 1. The van der Waals surface area contributed by atoms with Crippen LogP contribution in [-0.4, -0.2) is 56.9 Å². The highest BCUT2D eigenvalue weighted by atomic mass is 19.1. The highest BCUT2D eigenvalue weighted by molar-refractivity contribution is 5.71. The fourth-order valence-electron chi connectivity index (χ4n) is 1.74. The van der Waals surface area contributed by atoms with Gasteiger partial charge in [-0.15, -0.1) is 0 Å². The molecule has 0 radical (unpaired) electrons. The predicted molar refractivity (Wildman–Crippen MR) is 55.5 cm³/mol. The Morgan fingerprint density at radius 2 is 2.20 bits per heavy atom. The van der Waals surface area contributed by atoms with E-state index in [2.05, 4.69) is 10.2 Å². The molecule has 1 heterocycles. The van der Waals surface area contributed by atoms with Crippen LogP contribution in [-0.2, 0) is 9.53 Å². The lowest BCUT2D eigenvalue weighted by Crippen LogP contribution is -2.39. The Morgan fingerprint density at radius 3 is 2.73 bits per heavy atom. The van der Waals surface area contributed by atoms with Crippen LogP contribution in [0.25, 0.3) is 0 Å². The van der Waals surface area contributed by atoms with Crippen molar-refractivity contribution in [1.29, 1.82) is 0 Å². The molecule has 15 heavy (non-hydrogen) atoms. The summed E-state index contributed by atoms with van der Waals surface area (Å²) in [5, 5.41) is 2.75. The molecule has 1 aliphatic rings. The summed E-state index contributed by atoms with van der Waals surface area (Å²) in [6.07, 6.45) is 1.65. The van der Waals surface area contributed by atoms with Gasteiger partial charge in [-0.2, -0.15) is 0 Å². The lowest BCUT2D eigenvalue weighted by atomic mass is 10.1. The number of carbonyl (C=O) groups excluding carboxylic acids is 1. The van der Waals surface area contributed by atoms with Crippen LogP contribution in [0.3, 0.4) is 0 Å². The highest BCUT2D eigenvalue weighted by Gasteiger charge is 2.21. The summed E-state index contributed by atoms with van der Waals surface area (Å²) < 4.78 is 17.3. The molecular weight excluding hydrogens is 199 g/mol. The van der Waals surface area contributed by atoms with Crippen molar-refractivity contribution in [3.63, 3.8) is 0 Å². The smallest absolute Gasteiger partial charge is 0.320 e. The molecule has 0 atom stereocenters. The average molecular weight is 218 g/mol. The number of rotatable bonds is 5. The first kappa shape index (κ1) is 12.4. The number of halogens is 1. The van der Waals surface area contributed by atoms with E-state index in [0.717, 1.165) is 25.9 Å². The maximum Gasteiger partial charge on any atom is 0.320 e. The maximum atomic E-state index is 12.1. The van der Waals surface area contributed by atoms with Gasteiger partial charge in [-0.05, 0) is 19.9 Å². The minimum absolute atomic E-state index is 0.0155. The summed E-state index contributed by atoms with van der Waals surface area (Å²) >= 11 is 0. The van der Waals surface area contributed by atoms with E-state index in [1.807, 2.05) is 0 Å². The molecule has 4 nitrogen and oxygen atoms in total. The van der Waals surface area contributed by atoms with Gasteiger partial charge in [-0.1, -0.05) is 0 Å². The molecule has 0 aromatic heterocycles. The van der Waals surface area contributed by atoms with E-state index in [-0.39, 0.29) is 25.3 Å². The Labute approximate surface area is 89.8 Å². The molecule has 1 saturated heterocycles. The van der Waals surface area contributed by atoms with Gasteiger partial charge in [0.15, 0.2) is 0 Å². The van der Waals surface area contributed by atoms with Crippen molar-refractivity contribution in [2.45, 2.75) is 18.9 Å². The third-order valence-electron chi connectivity index (χ3n) is 2.55. The van der Waals surface area contributed by atoms with Gasteiger partial charge < -0.3 is 15.0 Å². The molecule has 0 unspecified atom stereocenters. The molecule has 1 fully saturated rings. The third kappa shape index (κ3) is 4.57. The third-order valence-corrected chi connectivity index (χ3v) is 2.55. The molecule has 5 heteroatoms. The number of hydrogen-bond donors (Lipinski definition) is 1. The first-order chi connectivity index (χ1) is 7.26. The summed E-state index contributed by atoms with van der Waals surface area (Å²) in [5.41, 5.74) is 0. The predicted octanol–water partition coefficient (Wildman–Crippen LogP) is 0.183. The largest absolute Gasteiger partial charge is 0.461 e. The van der Waals surface area contributed by atoms with Crippen molar-refractivity contribution in [2.24, 2.45) is 0 Å². The van der Waals surface area contributed by atoms with Crippen molar-refractivity contribution in [2.75, 3.05) is 39.9 Å². The highest BCUT2D eigenvalue weighted by Crippen LogP contribution is 2.13. The minimum atomic E-state index is -0.301. The number of likely N-dealkylation sites (N-methyl/N-ethyl adjacent to an activating group) is 1. The van der Waals surface area contributed by atoms with Crippen LogP contribution < -0.4 is 5.32 Å². The molecule has 0 bridgehead atoms. The van der Waals surface area contributed by atoms with Crippen LogP contribution in [0.1, 0.15) is 12.8 Å². The Kier molecular flexibility index (Phi) is 5.57. The van der Waals surface area contributed by atoms with Crippen molar-refractivity contribution >= 4 is 5.97 Å². The number of hydrogen-bond acceptors (Lipinski definition) is 4. The van der Waals surface area contributed by atoms with Crippen LogP contribution in [0.2, 0.25) is 0 Å². The summed E-state index contributed by atoms with van der Waals surface area (Å²) in [4.78, 5) is 13.2. The Bertz CT molecular complexity index is 194. The van der Waals surface area contributed by atoms with Gasteiger partial charge in [0.05, 0.1) is 6.54 Å². The second-order valence-electron chi connectivity index (χ2n) is 3.75. The van der Waals surface area contributed by atoms with Gasteiger partial charge in [-0.3, -0.25) is 4.79 Å². The topological polar surface area (TPSA) is 41.6 Å². The van der Waals surface area contributed by atoms with Crippen LogP contribution >= 0.6 is 0 Å². The van der Waals surface area contributed by atoms with Gasteiger partial charge in [0.2, 0.25) is 0 Å². The minimum Gasteiger partial charge on any atom is -0.461 e. The molecule has 0 spiro atoms. The lowest BCUT2D eigenvalue weighted by Gasteiger charge is -2.30. The zero-order chi connectivity index (χ0) is 11.1. The second kappa shape index (κ2) is 6.74. The first-order valence-corrected chi connectivity index (χ1v) is 5.38. The number of alkyl halides is 1. The summed E-state index contributed by atoms with van der Waals surface area (Å²) in [5.74, 6) is -0.207. The normalized spacial score (nSPS) is 19.1. The number of ether oxygens (including phenoxy) is 1. The van der Waals surface area contributed by atoms with Crippen LogP contribution in [0, 0.1) is 0 Å². The molecular formula is C10H19FN2O2. The Morgan fingerprint density at radius 1 is 1.53 bits per heavy atom. The van der Waals surface area contributed by atoms with Gasteiger partial charge in [0.1, 0.15) is 12.8 Å². The zero-order valence-electron chi connectivity index (χ0n) is 9.17. The monoisotopic (exact) mass is 218 g/mol. The lowest BCUT2D eigenvalue weighted by molar-refractivity contribution is -0.150. The van der Waals surface area contributed by atoms with Gasteiger partial charge >= 0.3 is 5.97 Å². The number of nitrogens with one attached hydrogen (secondary N) is 1. The van der Waals surface area contributed by atoms with E-state index >= 15 is 0 Å². The number of carbonyl (C=O) groups is 1. The van der Waals surface area contributed by atoms with Crippen LogP contribution in [0.4, 0.5) is 4.39 Å². The van der Waals surface area contributed by atoms with Crippen molar-refractivity contribution in [3.05, 3.63) is 0 Å². The molecule has 0 saturated carbocycles. The molecule has 88 valence electrons. The summed E-state index contributed by atoms with van der Waals surface area (Å²) in [7, 11) is 1.71. The summed E-state index contributed by atoms with van der Waals surface area (Å²) in [6, 6.07) is 0. The van der Waals surface area contributed by atoms with Gasteiger partial charge in [0.25, 0.3) is 0 Å². The van der Waals surface area contributed by atoms with E-state index < -0.39 is 0 Å². The van der Waals surface area contributed by atoms with E-state index in [9.17, 15) is 9.18 Å². The van der Waals surface area contributed by atoms with E-state index in [1.54, 1.807) is 7.05 Å². The molecule has 0 amide bonds. The number of piperidine rings is 1. The van der Waals surface area contributed by atoms with Gasteiger partial charge in [-0.25, -0.2) is 4.39 Å². The number of likely N-dealkylation sites (tertiary alicyclic amines) is 1. The quantitative estimate of drug-likeness (QED) is 0.669. The standard InChI is InChI=1S/C10H19FN2O2/c1-12-8-10(14)15-9-2-5-13(6-3-9)7-4-11/h9,12H,2-8H2,1H3. The SMILES string of the molecule is CNCC(=O)OC1CCN(CCF)CC1. The Balaban J connectivity index is 2.16. The van der Waals surface area contributed by atoms with Crippen molar-refractivity contribution in [3.8, 4) is 0 Å². The zero-order valence-corrected chi connectivity index (χ0v) is 9.17. The fraction of sp³-hybridized carbons (Fsp3) is 0.900. The average Bonchev–Trinajstić information content (AvgIpc) is 2.22.